The minimum atomic E-state index is -5.00. The third kappa shape index (κ3) is 6.14. The molecule has 1 aromatic carbocycles. The quantitative estimate of drug-likeness (QED) is 0.716. The van der Waals surface area contributed by atoms with Gasteiger partial charge in [-0.2, -0.15) is 13.2 Å². The zero-order valence-corrected chi connectivity index (χ0v) is 14.4. The molecular weight excluding hydrogens is 347 g/mol. The third-order valence-corrected chi connectivity index (χ3v) is 4.43. The van der Waals surface area contributed by atoms with E-state index in [1.807, 2.05) is 0 Å². The van der Waals surface area contributed by atoms with Crippen molar-refractivity contribution in [1.29, 1.82) is 0 Å². The van der Waals surface area contributed by atoms with Crippen LogP contribution in [0.1, 0.15) is 57.1 Å². The second-order valence-corrected chi connectivity index (χ2v) is 6.57. The van der Waals surface area contributed by atoms with Crippen LogP contribution < -0.4 is 5.32 Å². The number of hydrogen-bond donors (Lipinski definition) is 3. The summed E-state index contributed by atoms with van der Waals surface area (Å²) in [6, 6.07) is 6.40. The van der Waals surface area contributed by atoms with Crippen LogP contribution in [0.4, 0.5) is 13.2 Å². The van der Waals surface area contributed by atoms with Gasteiger partial charge in [0.2, 0.25) is 0 Å². The molecule has 1 amide bonds. The van der Waals surface area contributed by atoms with E-state index in [4.69, 9.17) is 1.37 Å². The van der Waals surface area contributed by atoms with Crippen molar-refractivity contribution >= 4 is 12.0 Å². The van der Waals surface area contributed by atoms with Crippen molar-refractivity contribution < 1.29 is 29.5 Å². The van der Waals surface area contributed by atoms with Gasteiger partial charge in [-0.25, -0.2) is 0 Å². The van der Waals surface area contributed by atoms with Gasteiger partial charge in [0.05, 0.1) is 13.1 Å². The molecule has 0 saturated heterocycles. The highest BCUT2D eigenvalue weighted by atomic mass is 19.4. The minimum absolute atomic E-state index is 0.196. The summed E-state index contributed by atoms with van der Waals surface area (Å²) >= 11 is 0. The largest absolute Gasteiger partial charge is 0.471 e. The molecule has 0 radical (unpaired) electrons. The molecule has 1 aromatic rings. The van der Waals surface area contributed by atoms with Crippen LogP contribution in [0.5, 0.6) is 0 Å². The fraction of sp³-hybridized carbons (Fsp3) is 0.526. The van der Waals surface area contributed by atoms with E-state index in [0.29, 0.717) is 18.4 Å². The maximum atomic E-state index is 12.2. The molecule has 26 heavy (non-hydrogen) atoms. The van der Waals surface area contributed by atoms with E-state index in [0.717, 1.165) is 19.3 Å². The molecular formula is C19H24F3NO3. The molecule has 1 aliphatic rings. The molecule has 1 aliphatic carbocycles. The van der Waals surface area contributed by atoms with Crippen LogP contribution in [-0.2, 0) is 4.79 Å². The number of benzene rings is 1. The van der Waals surface area contributed by atoms with Crippen LogP contribution in [0.25, 0.3) is 6.08 Å². The summed E-state index contributed by atoms with van der Waals surface area (Å²) in [6.07, 6.45) is 0.278. The standard InChI is InChI=1S/C19H24F3NO3/c20-19(21,22)17(25)23-12-8-16(24)15-6-4-5-14(13-15)7-11-18(26)9-2-1-3-10-18/h4-7,11,13,16,24,26H,1-3,8-10,12H2,(H,23,25)/b11-7+/i16D. The lowest BCUT2D eigenvalue weighted by Crippen LogP contribution is -2.37. The molecule has 144 valence electrons. The van der Waals surface area contributed by atoms with Gasteiger partial charge in [-0.3, -0.25) is 4.79 Å². The molecule has 0 aromatic heterocycles. The smallest absolute Gasteiger partial charge is 0.388 e. The first kappa shape index (κ1) is 18.9. The Morgan fingerprint density at radius 3 is 2.69 bits per heavy atom. The Hall–Kier alpha value is -1.86. The molecule has 4 nitrogen and oxygen atoms in total. The molecule has 0 bridgehead atoms. The summed E-state index contributed by atoms with van der Waals surface area (Å²) in [6.45, 7) is -0.488. The lowest BCUT2D eigenvalue weighted by atomic mass is 9.84. The number of nitrogens with one attached hydrogen (secondary N) is 1. The van der Waals surface area contributed by atoms with Gasteiger partial charge in [-0.05, 0) is 36.5 Å². The zero-order chi connectivity index (χ0) is 20.1. The van der Waals surface area contributed by atoms with Crippen LogP contribution in [0, 0.1) is 0 Å². The van der Waals surface area contributed by atoms with Crippen molar-refractivity contribution in [3.05, 3.63) is 41.5 Å². The Morgan fingerprint density at radius 2 is 2.04 bits per heavy atom. The lowest BCUT2D eigenvalue weighted by molar-refractivity contribution is -0.173. The van der Waals surface area contributed by atoms with Crippen molar-refractivity contribution in [2.24, 2.45) is 0 Å². The Kier molecular flexibility index (Phi) is 6.32. The van der Waals surface area contributed by atoms with Gasteiger partial charge in [0.1, 0.15) is 0 Å². The van der Waals surface area contributed by atoms with E-state index in [-0.39, 0.29) is 5.56 Å². The molecule has 1 atom stereocenters. The first-order valence-corrected chi connectivity index (χ1v) is 8.61. The highest BCUT2D eigenvalue weighted by Gasteiger charge is 2.38. The normalized spacial score (nSPS) is 20.4. The summed E-state index contributed by atoms with van der Waals surface area (Å²) in [5.41, 5.74) is 0.00553. The van der Waals surface area contributed by atoms with Gasteiger partial charge in [0, 0.05) is 6.54 Å². The Morgan fingerprint density at radius 1 is 1.35 bits per heavy atom. The predicted molar refractivity (Wildman–Crippen MR) is 92.2 cm³/mol. The molecule has 0 heterocycles. The highest BCUT2D eigenvalue weighted by molar-refractivity contribution is 5.81. The molecule has 0 aliphatic heterocycles. The summed E-state index contributed by atoms with van der Waals surface area (Å²) < 4.78 is 44.5. The first-order valence-electron chi connectivity index (χ1n) is 9.11. The second-order valence-electron chi connectivity index (χ2n) is 6.57. The summed E-state index contributed by atoms with van der Waals surface area (Å²) in [7, 11) is 0. The Balaban J connectivity index is 2.01. The maximum Gasteiger partial charge on any atom is 0.471 e. The molecule has 3 N–H and O–H groups in total. The third-order valence-electron chi connectivity index (χ3n) is 4.43. The van der Waals surface area contributed by atoms with Crippen molar-refractivity contribution in [2.75, 3.05) is 6.54 Å². The van der Waals surface area contributed by atoms with Gasteiger partial charge in [-0.15, -0.1) is 0 Å². The van der Waals surface area contributed by atoms with Gasteiger partial charge < -0.3 is 15.5 Å². The van der Waals surface area contributed by atoms with Crippen LogP contribution in [-0.4, -0.2) is 34.4 Å². The fourth-order valence-electron chi connectivity index (χ4n) is 2.94. The van der Waals surface area contributed by atoms with Gasteiger partial charge in [0.25, 0.3) is 0 Å². The second kappa shape index (κ2) is 8.68. The number of rotatable bonds is 6. The zero-order valence-electron chi connectivity index (χ0n) is 15.4. The highest BCUT2D eigenvalue weighted by Crippen LogP contribution is 2.30. The van der Waals surface area contributed by atoms with Gasteiger partial charge in [0.15, 0.2) is 0 Å². The topological polar surface area (TPSA) is 69.6 Å². The van der Waals surface area contributed by atoms with Gasteiger partial charge in [-0.1, -0.05) is 49.6 Å². The van der Waals surface area contributed by atoms with Crippen molar-refractivity contribution in [3.8, 4) is 0 Å². The number of amides is 1. The monoisotopic (exact) mass is 372 g/mol. The van der Waals surface area contributed by atoms with E-state index in [2.05, 4.69) is 0 Å². The Labute approximate surface area is 152 Å². The minimum Gasteiger partial charge on any atom is -0.388 e. The van der Waals surface area contributed by atoms with Crippen LogP contribution >= 0.6 is 0 Å². The molecule has 0 spiro atoms. The van der Waals surface area contributed by atoms with E-state index >= 15 is 0 Å². The molecule has 1 fully saturated rings. The van der Waals surface area contributed by atoms with E-state index in [1.165, 1.54) is 6.07 Å². The first-order chi connectivity index (χ1) is 12.5. The number of halogens is 3. The summed E-state index contributed by atoms with van der Waals surface area (Å²) in [5.74, 6) is -2.10. The van der Waals surface area contributed by atoms with Crippen molar-refractivity contribution in [2.45, 2.75) is 56.4 Å². The predicted octanol–water partition coefficient (Wildman–Crippen LogP) is 3.50. The average Bonchev–Trinajstić information content (AvgIpc) is 2.60. The van der Waals surface area contributed by atoms with Crippen LogP contribution in [0.3, 0.4) is 0 Å². The molecule has 1 saturated carbocycles. The van der Waals surface area contributed by atoms with Crippen LogP contribution in [0.2, 0.25) is 0 Å². The van der Waals surface area contributed by atoms with Crippen molar-refractivity contribution in [1.82, 2.24) is 5.32 Å². The average molecular weight is 372 g/mol. The van der Waals surface area contributed by atoms with Crippen molar-refractivity contribution in [3.63, 3.8) is 0 Å². The summed E-state index contributed by atoms with van der Waals surface area (Å²) in [4.78, 5) is 10.8. The van der Waals surface area contributed by atoms with E-state index in [9.17, 15) is 28.2 Å². The molecule has 2 rings (SSSR count). The fourth-order valence-corrected chi connectivity index (χ4v) is 2.94. The van der Waals surface area contributed by atoms with Gasteiger partial charge >= 0.3 is 12.1 Å². The SMILES string of the molecule is [2H]C(O)(CCNC(=O)C(F)(F)F)c1cccc(/C=C/C2(O)CCCCC2)c1. The van der Waals surface area contributed by atoms with E-state index in [1.54, 1.807) is 35.7 Å². The number of alkyl halides is 3. The molecule has 1 unspecified atom stereocenters. The number of carbonyl (C=O) groups is 1. The van der Waals surface area contributed by atoms with Crippen LogP contribution in [0.15, 0.2) is 30.3 Å². The maximum absolute atomic E-state index is 12.2. The number of carbonyl (C=O) groups excluding carboxylic acids is 1. The van der Waals surface area contributed by atoms with E-state index < -0.39 is 36.7 Å². The number of aliphatic hydroxyl groups is 2. The summed E-state index contributed by atoms with van der Waals surface area (Å²) in [5, 5.41) is 22.4. The molecule has 7 heteroatoms. The Bertz CT molecular complexity index is 683. The lowest BCUT2D eigenvalue weighted by Gasteiger charge is -2.28. The number of hydrogen-bond acceptors (Lipinski definition) is 3.